The fourth-order valence-electron chi connectivity index (χ4n) is 2.00. The Hall–Kier alpha value is -0.520. The summed E-state index contributed by atoms with van der Waals surface area (Å²) in [5.41, 5.74) is -0.472. The lowest BCUT2D eigenvalue weighted by molar-refractivity contribution is -0.00900. The van der Waals surface area contributed by atoms with Gasteiger partial charge in [-0.25, -0.2) is 0 Å². The van der Waals surface area contributed by atoms with E-state index in [0.29, 0.717) is 12.5 Å². The summed E-state index contributed by atoms with van der Waals surface area (Å²) in [5, 5.41) is 13.3. The monoisotopic (exact) mass is 181 g/mol. The Morgan fingerprint density at radius 1 is 1.54 bits per heavy atom. The summed E-state index contributed by atoms with van der Waals surface area (Å²) in [6.07, 6.45) is 10.6. The van der Waals surface area contributed by atoms with Crippen molar-refractivity contribution in [3.63, 3.8) is 0 Å². The molecule has 2 N–H and O–H groups in total. The van der Waals surface area contributed by atoms with Crippen molar-refractivity contribution in [3.05, 3.63) is 0 Å². The van der Waals surface area contributed by atoms with Crippen LogP contribution in [-0.2, 0) is 0 Å². The van der Waals surface area contributed by atoms with E-state index in [0.717, 1.165) is 32.1 Å². The zero-order valence-electron chi connectivity index (χ0n) is 8.34. The van der Waals surface area contributed by atoms with Crippen LogP contribution in [0, 0.1) is 12.3 Å². The van der Waals surface area contributed by atoms with Gasteiger partial charge in [-0.15, -0.1) is 12.3 Å². The largest absolute Gasteiger partial charge is 0.390 e. The van der Waals surface area contributed by atoms with Crippen LogP contribution in [0.15, 0.2) is 0 Å². The maximum Gasteiger partial charge on any atom is 0.0658 e. The molecule has 0 spiro atoms. The van der Waals surface area contributed by atoms with Crippen LogP contribution in [-0.4, -0.2) is 23.8 Å². The van der Waals surface area contributed by atoms with E-state index in [4.69, 9.17) is 6.42 Å². The second kappa shape index (κ2) is 4.64. The van der Waals surface area contributed by atoms with E-state index >= 15 is 0 Å². The van der Waals surface area contributed by atoms with E-state index in [1.807, 2.05) is 7.05 Å². The average molecular weight is 181 g/mol. The Kier molecular flexibility index (Phi) is 3.77. The lowest BCUT2D eigenvalue weighted by Crippen LogP contribution is -2.40. The first-order chi connectivity index (χ1) is 6.20. The predicted molar refractivity (Wildman–Crippen MR) is 54.3 cm³/mol. The van der Waals surface area contributed by atoms with Gasteiger partial charge in [0.25, 0.3) is 0 Å². The fraction of sp³-hybridized carbons (Fsp3) is 0.818. The highest BCUT2D eigenvalue weighted by molar-refractivity contribution is 4.92. The molecule has 13 heavy (non-hydrogen) atoms. The fourth-order valence-corrected chi connectivity index (χ4v) is 2.00. The number of hydrogen-bond donors (Lipinski definition) is 2. The Bertz CT molecular complexity index is 187. The van der Waals surface area contributed by atoms with Gasteiger partial charge in [-0.1, -0.05) is 0 Å². The summed E-state index contributed by atoms with van der Waals surface area (Å²) in [6, 6.07) is 0.589. The van der Waals surface area contributed by atoms with Gasteiger partial charge in [0.1, 0.15) is 0 Å². The third-order valence-corrected chi connectivity index (χ3v) is 3.06. The number of aliphatic hydroxyl groups is 1. The molecule has 74 valence electrons. The zero-order chi connectivity index (χ0) is 9.73. The molecular formula is C11H19NO. The summed E-state index contributed by atoms with van der Waals surface area (Å²) < 4.78 is 0. The van der Waals surface area contributed by atoms with Crippen molar-refractivity contribution in [3.8, 4) is 12.3 Å². The molecule has 0 aromatic rings. The zero-order valence-corrected chi connectivity index (χ0v) is 8.34. The Morgan fingerprint density at radius 3 is 2.62 bits per heavy atom. The SMILES string of the molecule is C#CCCC1(O)CCC(NC)CC1. The van der Waals surface area contributed by atoms with E-state index in [2.05, 4.69) is 11.2 Å². The molecule has 2 nitrogen and oxygen atoms in total. The minimum absolute atomic E-state index is 0.472. The summed E-state index contributed by atoms with van der Waals surface area (Å²) in [7, 11) is 1.98. The van der Waals surface area contributed by atoms with Crippen LogP contribution in [0.3, 0.4) is 0 Å². The third kappa shape index (κ3) is 3.02. The first kappa shape index (κ1) is 10.6. The molecule has 2 heteroatoms. The van der Waals surface area contributed by atoms with Crippen molar-refractivity contribution in [2.45, 2.75) is 50.2 Å². The van der Waals surface area contributed by atoms with Crippen molar-refractivity contribution in [1.82, 2.24) is 5.32 Å². The van der Waals surface area contributed by atoms with Gasteiger partial charge in [-0.2, -0.15) is 0 Å². The molecule has 0 aromatic heterocycles. The average Bonchev–Trinajstić information content (AvgIpc) is 2.16. The smallest absolute Gasteiger partial charge is 0.0658 e. The number of hydrogen-bond acceptors (Lipinski definition) is 2. The normalized spacial score (nSPS) is 34.1. The molecule has 0 bridgehead atoms. The van der Waals surface area contributed by atoms with E-state index in [1.54, 1.807) is 0 Å². The summed E-state index contributed by atoms with van der Waals surface area (Å²) in [6.45, 7) is 0. The topological polar surface area (TPSA) is 32.3 Å². The summed E-state index contributed by atoms with van der Waals surface area (Å²) in [5.74, 6) is 2.59. The van der Waals surface area contributed by atoms with Crippen LogP contribution < -0.4 is 5.32 Å². The highest BCUT2D eigenvalue weighted by atomic mass is 16.3. The molecule has 0 unspecified atom stereocenters. The Balaban J connectivity index is 2.33. The van der Waals surface area contributed by atoms with E-state index in [9.17, 15) is 5.11 Å². The van der Waals surface area contributed by atoms with Crippen LogP contribution in [0.5, 0.6) is 0 Å². The number of terminal acetylenes is 1. The van der Waals surface area contributed by atoms with Crippen molar-refractivity contribution in [2.75, 3.05) is 7.05 Å². The van der Waals surface area contributed by atoms with Crippen LogP contribution in [0.1, 0.15) is 38.5 Å². The molecule has 1 aliphatic carbocycles. The van der Waals surface area contributed by atoms with Gasteiger partial charge in [0.15, 0.2) is 0 Å². The highest BCUT2D eigenvalue weighted by Gasteiger charge is 2.31. The number of nitrogens with one attached hydrogen (secondary N) is 1. The van der Waals surface area contributed by atoms with Gasteiger partial charge < -0.3 is 10.4 Å². The molecule has 0 radical (unpaired) electrons. The van der Waals surface area contributed by atoms with Crippen molar-refractivity contribution in [2.24, 2.45) is 0 Å². The van der Waals surface area contributed by atoms with Gasteiger partial charge in [0.05, 0.1) is 5.60 Å². The van der Waals surface area contributed by atoms with Gasteiger partial charge in [0, 0.05) is 12.5 Å². The molecule has 0 amide bonds. The van der Waals surface area contributed by atoms with E-state index < -0.39 is 5.60 Å². The Morgan fingerprint density at radius 2 is 2.15 bits per heavy atom. The molecule has 0 aromatic carbocycles. The van der Waals surface area contributed by atoms with Crippen LogP contribution in [0.25, 0.3) is 0 Å². The van der Waals surface area contributed by atoms with Crippen molar-refractivity contribution in [1.29, 1.82) is 0 Å². The third-order valence-electron chi connectivity index (χ3n) is 3.06. The lowest BCUT2D eigenvalue weighted by atomic mass is 9.79. The Labute approximate surface area is 80.7 Å². The molecule has 0 heterocycles. The van der Waals surface area contributed by atoms with Gasteiger partial charge in [-0.05, 0) is 39.2 Å². The minimum Gasteiger partial charge on any atom is -0.390 e. The summed E-state index contributed by atoms with van der Waals surface area (Å²) in [4.78, 5) is 0. The van der Waals surface area contributed by atoms with Crippen LogP contribution in [0.2, 0.25) is 0 Å². The van der Waals surface area contributed by atoms with Crippen LogP contribution >= 0.6 is 0 Å². The first-order valence-corrected chi connectivity index (χ1v) is 5.03. The molecule has 0 aliphatic heterocycles. The first-order valence-electron chi connectivity index (χ1n) is 5.03. The van der Waals surface area contributed by atoms with Gasteiger partial charge in [0.2, 0.25) is 0 Å². The minimum atomic E-state index is -0.472. The standard InChI is InChI=1S/C11H19NO/c1-3-4-7-11(13)8-5-10(12-2)6-9-11/h1,10,12-13H,4-9H2,2H3. The molecule has 0 saturated heterocycles. The second-order valence-corrected chi connectivity index (χ2v) is 3.99. The predicted octanol–water partition coefficient (Wildman–Crippen LogP) is 1.29. The quantitative estimate of drug-likeness (QED) is 0.643. The lowest BCUT2D eigenvalue weighted by Gasteiger charge is -2.35. The van der Waals surface area contributed by atoms with Crippen molar-refractivity contribution >= 4 is 0 Å². The summed E-state index contributed by atoms with van der Waals surface area (Å²) >= 11 is 0. The molecular weight excluding hydrogens is 162 g/mol. The van der Waals surface area contributed by atoms with Crippen molar-refractivity contribution < 1.29 is 5.11 Å². The van der Waals surface area contributed by atoms with Gasteiger partial charge in [-0.3, -0.25) is 0 Å². The molecule has 0 atom stereocenters. The maximum atomic E-state index is 10.1. The van der Waals surface area contributed by atoms with E-state index in [-0.39, 0.29) is 0 Å². The second-order valence-electron chi connectivity index (χ2n) is 3.99. The highest BCUT2D eigenvalue weighted by Crippen LogP contribution is 2.31. The molecule has 1 fully saturated rings. The van der Waals surface area contributed by atoms with Gasteiger partial charge >= 0.3 is 0 Å². The van der Waals surface area contributed by atoms with E-state index in [1.165, 1.54) is 0 Å². The molecule has 1 saturated carbocycles. The van der Waals surface area contributed by atoms with Crippen LogP contribution in [0.4, 0.5) is 0 Å². The molecule has 1 aliphatic rings. The molecule has 1 rings (SSSR count). The number of rotatable bonds is 3. The maximum absolute atomic E-state index is 10.1.